The quantitative estimate of drug-likeness (QED) is 0.831. The molecule has 1 fully saturated rings. The van der Waals surface area contributed by atoms with Gasteiger partial charge < -0.3 is 10.6 Å². The van der Waals surface area contributed by atoms with Gasteiger partial charge in [0.2, 0.25) is 5.91 Å². The van der Waals surface area contributed by atoms with E-state index in [-0.39, 0.29) is 36.1 Å². The third-order valence-corrected chi connectivity index (χ3v) is 6.02. The smallest absolute Gasteiger partial charge is 0.237 e. The first-order valence-corrected chi connectivity index (χ1v) is 9.77. The highest BCUT2D eigenvalue weighted by atomic mass is 19.1. The Bertz CT molecular complexity index is 827. The van der Waals surface area contributed by atoms with E-state index < -0.39 is 11.6 Å². The van der Waals surface area contributed by atoms with Gasteiger partial charge in [0.05, 0.1) is 6.04 Å². The van der Waals surface area contributed by atoms with E-state index in [2.05, 4.69) is 39.8 Å². The molecule has 0 radical (unpaired) electrons. The molecule has 28 heavy (non-hydrogen) atoms. The number of carbonyl (C=O) groups is 1. The van der Waals surface area contributed by atoms with Crippen molar-refractivity contribution in [3.8, 4) is 0 Å². The maximum Gasteiger partial charge on any atom is 0.237 e. The molecule has 1 saturated heterocycles. The minimum Gasteiger partial charge on any atom is -0.358 e. The highest BCUT2D eigenvalue weighted by Crippen LogP contribution is 2.31. The zero-order valence-corrected chi connectivity index (χ0v) is 15.9. The standard InChI is InChI=1S/C22H25F2N3O/c1-25-22(28)21-11-16(26-12-18-19(23)7-4-8-20(18)24)13-27(21)17-9-14-5-2-3-6-15(14)10-17/h2-8,16-17,21,26H,9-13H2,1H3,(H,25,28)/t16-,21+/m1/s1. The maximum atomic E-state index is 13.9. The van der Waals surface area contributed by atoms with Crippen molar-refractivity contribution in [3.05, 3.63) is 70.8 Å². The Labute approximate surface area is 163 Å². The van der Waals surface area contributed by atoms with Crippen LogP contribution in [0.1, 0.15) is 23.1 Å². The van der Waals surface area contributed by atoms with Crippen molar-refractivity contribution < 1.29 is 13.6 Å². The van der Waals surface area contributed by atoms with Crippen LogP contribution in [0.15, 0.2) is 42.5 Å². The summed E-state index contributed by atoms with van der Waals surface area (Å²) in [5.41, 5.74) is 2.73. The zero-order valence-electron chi connectivity index (χ0n) is 15.9. The molecule has 1 aliphatic carbocycles. The average Bonchev–Trinajstić information content (AvgIpc) is 3.31. The van der Waals surface area contributed by atoms with Crippen LogP contribution in [0.4, 0.5) is 8.78 Å². The van der Waals surface area contributed by atoms with Crippen LogP contribution >= 0.6 is 0 Å². The van der Waals surface area contributed by atoms with E-state index in [1.165, 1.54) is 29.3 Å². The molecular weight excluding hydrogens is 360 g/mol. The molecule has 2 aliphatic rings. The molecule has 0 spiro atoms. The number of nitrogens with one attached hydrogen (secondary N) is 2. The number of carbonyl (C=O) groups excluding carboxylic acids is 1. The Morgan fingerprint density at radius 2 is 1.71 bits per heavy atom. The van der Waals surface area contributed by atoms with Gasteiger partial charge in [0.25, 0.3) is 0 Å². The molecule has 148 valence electrons. The number of benzene rings is 2. The summed E-state index contributed by atoms with van der Waals surface area (Å²) < 4.78 is 27.8. The molecule has 0 unspecified atom stereocenters. The minimum atomic E-state index is -0.545. The fraction of sp³-hybridized carbons (Fsp3) is 0.409. The second-order valence-electron chi connectivity index (χ2n) is 7.67. The van der Waals surface area contributed by atoms with Gasteiger partial charge in [-0.2, -0.15) is 0 Å². The molecule has 0 bridgehead atoms. The molecule has 4 nitrogen and oxygen atoms in total. The van der Waals surface area contributed by atoms with E-state index in [1.807, 2.05) is 0 Å². The van der Waals surface area contributed by atoms with Crippen molar-refractivity contribution in [3.63, 3.8) is 0 Å². The summed E-state index contributed by atoms with van der Waals surface area (Å²) in [4.78, 5) is 14.7. The van der Waals surface area contributed by atoms with Crippen molar-refractivity contribution in [1.29, 1.82) is 0 Å². The second kappa shape index (κ2) is 7.97. The van der Waals surface area contributed by atoms with Crippen LogP contribution in [0, 0.1) is 11.6 Å². The van der Waals surface area contributed by atoms with Crippen molar-refractivity contribution >= 4 is 5.91 Å². The normalized spacial score (nSPS) is 22.4. The van der Waals surface area contributed by atoms with Crippen LogP contribution in [0.2, 0.25) is 0 Å². The highest BCUT2D eigenvalue weighted by Gasteiger charge is 2.41. The van der Waals surface area contributed by atoms with Crippen molar-refractivity contribution in [2.45, 2.75) is 43.9 Å². The summed E-state index contributed by atoms with van der Waals surface area (Å²) in [5, 5.41) is 6.03. The van der Waals surface area contributed by atoms with Crippen LogP contribution < -0.4 is 10.6 Å². The summed E-state index contributed by atoms with van der Waals surface area (Å²) in [6, 6.07) is 12.4. The van der Waals surface area contributed by atoms with Crippen LogP contribution in [0.3, 0.4) is 0 Å². The Morgan fingerprint density at radius 3 is 2.32 bits per heavy atom. The average molecular weight is 385 g/mol. The lowest BCUT2D eigenvalue weighted by atomic mass is 10.1. The second-order valence-corrected chi connectivity index (χ2v) is 7.67. The monoisotopic (exact) mass is 385 g/mol. The Kier molecular flexibility index (Phi) is 5.42. The van der Waals surface area contributed by atoms with Crippen LogP contribution in [0.25, 0.3) is 0 Å². The van der Waals surface area contributed by atoms with E-state index in [1.54, 1.807) is 7.05 Å². The van der Waals surface area contributed by atoms with E-state index in [0.29, 0.717) is 13.0 Å². The third kappa shape index (κ3) is 3.66. The minimum absolute atomic E-state index is 0.00247. The number of halogens is 2. The Hall–Kier alpha value is -2.31. The predicted octanol–water partition coefficient (Wildman–Crippen LogP) is 2.41. The van der Waals surface area contributed by atoms with Gasteiger partial charge in [-0.25, -0.2) is 8.78 Å². The molecule has 2 aromatic rings. The number of likely N-dealkylation sites (N-methyl/N-ethyl adjacent to an activating group) is 1. The molecule has 0 aromatic heterocycles. The number of fused-ring (bicyclic) bond motifs is 1. The van der Waals surface area contributed by atoms with E-state index >= 15 is 0 Å². The lowest BCUT2D eigenvalue weighted by molar-refractivity contribution is -0.125. The summed E-state index contributed by atoms with van der Waals surface area (Å²) in [6.07, 6.45) is 2.49. The Morgan fingerprint density at radius 1 is 1.07 bits per heavy atom. The van der Waals surface area contributed by atoms with Gasteiger partial charge in [-0.1, -0.05) is 30.3 Å². The van der Waals surface area contributed by atoms with Gasteiger partial charge in [0.15, 0.2) is 0 Å². The SMILES string of the molecule is CNC(=O)[C@@H]1C[C@@H](NCc2c(F)cccc2F)CN1C1Cc2ccccc2C1. The molecule has 1 aliphatic heterocycles. The van der Waals surface area contributed by atoms with E-state index in [0.717, 1.165) is 12.8 Å². The van der Waals surface area contributed by atoms with Crippen molar-refractivity contribution in [2.24, 2.45) is 0 Å². The first kappa shape index (κ1) is 19.0. The molecule has 2 aromatic carbocycles. The molecular formula is C22H25F2N3O. The third-order valence-electron chi connectivity index (χ3n) is 6.02. The topological polar surface area (TPSA) is 44.4 Å². The summed E-state index contributed by atoms with van der Waals surface area (Å²) in [6.45, 7) is 0.801. The molecule has 2 atom stereocenters. The zero-order chi connectivity index (χ0) is 19.7. The van der Waals surface area contributed by atoms with Crippen molar-refractivity contribution in [2.75, 3.05) is 13.6 Å². The molecule has 2 N–H and O–H groups in total. The van der Waals surface area contributed by atoms with Gasteiger partial charge in [0.1, 0.15) is 11.6 Å². The fourth-order valence-corrected chi connectivity index (χ4v) is 4.55. The van der Waals surface area contributed by atoms with Crippen LogP contribution in [0.5, 0.6) is 0 Å². The molecule has 1 amide bonds. The number of likely N-dealkylation sites (tertiary alicyclic amines) is 1. The first-order valence-electron chi connectivity index (χ1n) is 9.77. The van der Waals surface area contributed by atoms with Gasteiger partial charge in [-0.05, 0) is 42.5 Å². The number of hydrogen-bond donors (Lipinski definition) is 2. The number of hydrogen-bond acceptors (Lipinski definition) is 3. The van der Waals surface area contributed by atoms with Gasteiger partial charge in [0, 0.05) is 37.8 Å². The first-order chi connectivity index (χ1) is 13.6. The van der Waals surface area contributed by atoms with E-state index in [4.69, 9.17) is 0 Å². The molecule has 1 heterocycles. The summed E-state index contributed by atoms with van der Waals surface area (Å²) in [7, 11) is 1.65. The summed E-state index contributed by atoms with van der Waals surface area (Å²) >= 11 is 0. The van der Waals surface area contributed by atoms with Crippen molar-refractivity contribution in [1.82, 2.24) is 15.5 Å². The number of nitrogens with zero attached hydrogens (tertiary/aromatic N) is 1. The van der Waals surface area contributed by atoms with Gasteiger partial charge in [-0.3, -0.25) is 9.69 Å². The molecule has 4 rings (SSSR count). The fourth-order valence-electron chi connectivity index (χ4n) is 4.55. The highest BCUT2D eigenvalue weighted by molar-refractivity contribution is 5.82. The van der Waals surface area contributed by atoms with Crippen LogP contribution in [-0.2, 0) is 24.2 Å². The Balaban J connectivity index is 1.46. The van der Waals surface area contributed by atoms with E-state index in [9.17, 15) is 13.6 Å². The number of rotatable bonds is 5. The van der Waals surface area contributed by atoms with Crippen LogP contribution in [-0.4, -0.2) is 42.5 Å². The number of amides is 1. The molecule has 6 heteroatoms. The summed E-state index contributed by atoms with van der Waals surface area (Å²) in [5.74, 6) is -1.09. The molecule has 0 saturated carbocycles. The van der Waals surface area contributed by atoms with Gasteiger partial charge in [-0.15, -0.1) is 0 Å². The van der Waals surface area contributed by atoms with Gasteiger partial charge >= 0.3 is 0 Å². The largest absolute Gasteiger partial charge is 0.358 e. The lowest BCUT2D eigenvalue weighted by Crippen LogP contribution is -2.47. The maximum absolute atomic E-state index is 13.9. The lowest BCUT2D eigenvalue weighted by Gasteiger charge is -2.29. The predicted molar refractivity (Wildman–Crippen MR) is 104 cm³/mol.